The lowest BCUT2D eigenvalue weighted by molar-refractivity contribution is -0.130. The van der Waals surface area contributed by atoms with Crippen molar-refractivity contribution < 1.29 is 4.79 Å². The van der Waals surface area contributed by atoms with Crippen LogP contribution in [0.15, 0.2) is 22.7 Å². The van der Waals surface area contributed by atoms with Gasteiger partial charge in [-0.05, 0) is 47.0 Å². The van der Waals surface area contributed by atoms with E-state index >= 15 is 0 Å². The van der Waals surface area contributed by atoms with Crippen LogP contribution < -0.4 is 5.32 Å². The summed E-state index contributed by atoms with van der Waals surface area (Å²) in [5.74, 6) is 0.168. The van der Waals surface area contributed by atoms with Crippen molar-refractivity contribution in [1.29, 1.82) is 0 Å². The van der Waals surface area contributed by atoms with Crippen LogP contribution in [0, 0.1) is 0 Å². The Kier molecular flexibility index (Phi) is 5.90. The number of piperidine rings is 1. The van der Waals surface area contributed by atoms with Crippen molar-refractivity contribution in [1.82, 2.24) is 9.80 Å². The van der Waals surface area contributed by atoms with Gasteiger partial charge in [0.25, 0.3) is 0 Å². The molecule has 0 spiro atoms. The predicted molar refractivity (Wildman–Crippen MR) is 90.9 cm³/mol. The molecule has 1 aromatic rings. The maximum Gasteiger partial charge on any atom is 0.236 e. The van der Waals surface area contributed by atoms with Gasteiger partial charge in [-0.15, -0.1) is 0 Å². The minimum atomic E-state index is 0.168. The summed E-state index contributed by atoms with van der Waals surface area (Å²) in [4.78, 5) is 15.6. The van der Waals surface area contributed by atoms with Gasteiger partial charge in [0.2, 0.25) is 5.91 Å². The number of amides is 1. The molecule has 4 nitrogen and oxygen atoms in total. The second-order valence-corrected chi connectivity index (χ2v) is 6.90. The number of likely N-dealkylation sites (N-methyl/N-ethyl adjacent to an activating group) is 1. The largest absolute Gasteiger partial charge is 0.381 e. The maximum absolute atomic E-state index is 11.7. The summed E-state index contributed by atoms with van der Waals surface area (Å²) >= 11 is 9.48. The Morgan fingerprint density at radius 3 is 2.67 bits per heavy atom. The molecule has 1 fully saturated rings. The van der Waals surface area contributed by atoms with Crippen LogP contribution in [0.3, 0.4) is 0 Å². The van der Waals surface area contributed by atoms with Gasteiger partial charge in [-0.3, -0.25) is 9.69 Å². The number of nitrogens with zero attached hydrogens (tertiary/aromatic N) is 2. The Bertz CT molecular complexity index is 502. The van der Waals surface area contributed by atoms with E-state index in [1.165, 1.54) is 0 Å². The molecular weight excluding hydrogens is 354 g/mol. The van der Waals surface area contributed by atoms with Gasteiger partial charge in [-0.2, -0.15) is 0 Å². The normalized spacial score (nSPS) is 16.8. The van der Waals surface area contributed by atoms with Crippen molar-refractivity contribution in [3.63, 3.8) is 0 Å². The van der Waals surface area contributed by atoms with Crippen LogP contribution in [0.25, 0.3) is 0 Å². The zero-order chi connectivity index (χ0) is 15.4. The summed E-state index contributed by atoms with van der Waals surface area (Å²) in [7, 11) is 3.60. The first kappa shape index (κ1) is 16.6. The molecule has 0 bridgehead atoms. The molecular formula is C15H21BrClN3O. The first-order valence-electron chi connectivity index (χ1n) is 7.10. The molecule has 116 valence electrons. The van der Waals surface area contributed by atoms with Crippen LogP contribution in [0.4, 0.5) is 5.69 Å². The fourth-order valence-corrected chi connectivity index (χ4v) is 3.19. The molecule has 1 N–H and O–H groups in total. The highest BCUT2D eigenvalue weighted by Gasteiger charge is 2.21. The van der Waals surface area contributed by atoms with E-state index in [1.54, 1.807) is 19.0 Å². The van der Waals surface area contributed by atoms with E-state index < -0.39 is 0 Å². The summed E-state index contributed by atoms with van der Waals surface area (Å²) in [6.45, 7) is 2.41. The number of benzene rings is 1. The van der Waals surface area contributed by atoms with Crippen LogP contribution in [0.1, 0.15) is 12.8 Å². The Balaban J connectivity index is 1.83. The number of carbonyl (C=O) groups excluding carboxylic acids is 1. The Hall–Kier alpha value is -0.780. The van der Waals surface area contributed by atoms with E-state index in [1.807, 2.05) is 18.2 Å². The molecule has 0 aliphatic carbocycles. The van der Waals surface area contributed by atoms with E-state index in [2.05, 4.69) is 26.1 Å². The van der Waals surface area contributed by atoms with Crippen molar-refractivity contribution in [2.75, 3.05) is 39.0 Å². The van der Waals surface area contributed by atoms with Crippen molar-refractivity contribution in [3.8, 4) is 0 Å². The topological polar surface area (TPSA) is 35.6 Å². The highest BCUT2D eigenvalue weighted by atomic mass is 79.9. The number of anilines is 1. The van der Waals surface area contributed by atoms with E-state index in [0.717, 1.165) is 41.1 Å². The molecule has 1 aromatic carbocycles. The van der Waals surface area contributed by atoms with Gasteiger partial charge in [0, 0.05) is 48.4 Å². The zero-order valence-corrected chi connectivity index (χ0v) is 14.7. The van der Waals surface area contributed by atoms with Crippen LogP contribution in [0.5, 0.6) is 0 Å². The van der Waals surface area contributed by atoms with Crippen LogP contribution >= 0.6 is 27.5 Å². The molecule has 1 saturated heterocycles. The van der Waals surface area contributed by atoms with E-state index in [9.17, 15) is 4.79 Å². The summed E-state index contributed by atoms with van der Waals surface area (Å²) in [6.07, 6.45) is 2.07. The smallest absolute Gasteiger partial charge is 0.236 e. The fourth-order valence-electron chi connectivity index (χ4n) is 2.39. The molecule has 21 heavy (non-hydrogen) atoms. The van der Waals surface area contributed by atoms with E-state index in [4.69, 9.17) is 11.6 Å². The minimum Gasteiger partial charge on any atom is -0.381 e. The van der Waals surface area contributed by atoms with Crippen molar-refractivity contribution >= 4 is 39.1 Å². The third-order valence-corrected chi connectivity index (χ3v) is 4.63. The van der Waals surface area contributed by atoms with Crippen LogP contribution in [0.2, 0.25) is 5.02 Å². The molecule has 0 unspecified atom stereocenters. The number of nitrogens with one attached hydrogen (secondary N) is 1. The molecule has 0 radical (unpaired) electrons. The molecule has 1 aliphatic heterocycles. The number of rotatable bonds is 4. The fraction of sp³-hybridized carbons (Fsp3) is 0.533. The first-order valence-corrected chi connectivity index (χ1v) is 8.27. The molecule has 0 atom stereocenters. The van der Waals surface area contributed by atoms with Crippen molar-refractivity contribution in [2.45, 2.75) is 18.9 Å². The Morgan fingerprint density at radius 2 is 2.10 bits per heavy atom. The average molecular weight is 375 g/mol. The van der Waals surface area contributed by atoms with Crippen molar-refractivity contribution in [3.05, 3.63) is 27.7 Å². The molecule has 0 saturated carbocycles. The van der Waals surface area contributed by atoms with Gasteiger partial charge in [0.05, 0.1) is 6.54 Å². The van der Waals surface area contributed by atoms with Gasteiger partial charge in [-0.25, -0.2) is 0 Å². The zero-order valence-electron chi connectivity index (χ0n) is 12.4. The molecule has 6 heteroatoms. The van der Waals surface area contributed by atoms with Crippen LogP contribution in [-0.2, 0) is 4.79 Å². The number of likely N-dealkylation sites (tertiary alicyclic amines) is 1. The summed E-state index contributed by atoms with van der Waals surface area (Å²) in [6, 6.07) is 6.22. The second-order valence-electron chi connectivity index (χ2n) is 5.61. The monoisotopic (exact) mass is 373 g/mol. The standard InChI is InChI=1S/C15H21BrClN3O/c1-19(2)15(21)10-20-7-5-12(6-8-20)18-14-4-3-11(17)9-13(14)16/h3-4,9,12,18H,5-8,10H2,1-2H3. The second kappa shape index (κ2) is 7.47. The summed E-state index contributed by atoms with van der Waals surface area (Å²) < 4.78 is 0.986. The van der Waals surface area contributed by atoms with Gasteiger partial charge >= 0.3 is 0 Å². The SMILES string of the molecule is CN(C)C(=O)CN1CCC(Nc2ccc(Cl)cc2Br)CC1. The van der Waals surface area contributed by atoms with Gasteiger partial charge < -0.3 is 10.2 Å². The highest BCUT2D eigenvalue weighted by Crippen LogP contribution is 2.27. The first-order chi connectivity index (χ1) is 9.95. The van der Waals surface area contributed by atoms with Crippen molar-refractivity contribution in [2.24, 2.45) is 0 Å². The number of hydrogen-bond donors (Lipinski definition) is 1. The maximum atomic E-state index is 11.7. The van der Waals surface area contributed by atoms with E-state index in [-0.39, 0.29) is 5.91 Å². The number of halogens is 2. The predicted octanol–water partition coefficient (Wildman–Crippen LogP) is 3.07. The lowest BCUT2D eigenvalue weighted by Crippen LogP contribution is -2.43. The minimum absolute atomic E-state index is 0.168. The van der Waals surface area contributed by atoms with Gasteiger partial charge in [0.1, 0.15) is 0 Å². The molecule has 1 amide bonds. The summed E-state index contributed by atoms with van der Waals surface area (Å²) in [5.41, 5.74) is 1.07. The number of hydrogen-bond acceptors (Lipinski definition) is 3. The number of carbonyl (C=O) groups is 1. The van der Waals surface area contributed by atoms with Crippen LogP contribution in [-0.4, -0.2) is 55.5 Å². The summed E-state index contributed by atoms with van der Waals surface area (Å²) in [5, 5.41) is 4.27. The van der Waals surface area contributed by atoms with E-state index in [0.29, 0.717) is 12.6 Å². The average Bonchev–Trinajstić information content (AvgIpc) is 2.43. The molecule has 1 aliphatic rings. The van der Waals surface area contributed by atoms with Gasteiger partial charge in [-0.1, -0.05) is 11.6 Å². The molecule has 1 heterocycles. The highest BCUT2D eigenvalue weighted by molar-refractivity contribution is 9.10. The lowest BCUT2D eigenvalue weighted by atomic mass is 10.0. The molecule has 2 rings (SSSR count). The Morgan fingerprint density at radius 1 is 1.43 bits per heavy atom. The van der Waals surface area contributed by atoms with Gasteiger partial charge in [0.15, 0.2) is 0 Å². The molecule has 0 aromatic heterocycles. The third-order valence-electron chi connectivity index (χ3n) is 3.74. The lowest BCUT2D eigenvalue weighted by Gasteiger charge is -2.33. The third kappa shape index (κ3) is 4.87. The Labute approximate surface area is 139 Å². The quantitative estimate of drug-likeness (QED) is 0.880.